The van der Waals surface area contributed by atoms with Gasteiger partial charge in [-0.05, 0) is 0 Å². The van der Waals surface area contributed by atoms with E-state index in [4.69, 9.17) is 14.0 Å². The van der Waals surface area contributed by atoms with Gasteiger partial charge in [-0.15, -0.1) is 0 Å². The van der Waals surface area contributed by atoms with E-state index >= 15 is 0 Å². The van der Waals surface area contributed by atoms with Crippen LogP contribution in [0.4, 0.5) is 9.15 Å². The fourth-order valence-electron chi connectivity index (χ4n) is 0.534. The molecule has 2 unspecified atom stereocenters. The summed E-state index contributed by atoms with van der Waals surface area (Å²) in [4.78, 5) is 8.79. The molecule has 4 nitrogen and oxygen atoms in total. The SMILES string of the molecule is COP(C)(=O)CP(C)(=O)O.FF. The molecule has 0 aliphatic heterocycles. The average Bonchev–Trinajstić information content (AvgIpc) is 1.88. The molecule has 0 aliphatic carbocycles. The molecule has 1 N–H and O–H groups in total. The minimum atomic E-state index is -3.19. The van der Waals surface area contributed by atoms with Gasteiger partial charge in [0.2, 0.25) is 14.7 Å². The van der Waals surface area contributed by atoms with E-state index in [0.29, 0.717) is 0 Å². The number of rotatable bonds is 3. The van der Waals surface area contributed by atoms with Gasteiger partial charge in [-0.2, -0.15) is 0 Å². The van der Waals surface area contributed by atoms with E-state index in [-0.39, 0.29) is 5.90 Å². The first-order chi connectivity index (χ1) is 5.27. The van der Waals surface area contributed by atoms with Gasteiger partial charge >= 0.3 is 0 Å². The molecule has 12 heavy (non-hydrogen) atoms. The lowest BCUT2D eigenvalue weighted by Crippen LogP contribution is -1.90. The lowest BCUT2D eigenvalue weighted by molar-refractivity contribution is 0.108. The highest BCUT2D eigenvalue weighted by molar-refractivity contribution is 7.74. The predicted octanol–water partition coefficient (Wildman–Crippen LogP) is 2.24. The molecule has 0 heterocycles. The third-order valence-corrected chi connectivity index (χ3v) is 5.83. The van der Waals surface area contributed by atoms with Crippen molar-refractivity contribution in [1.29, 1.82) is 0 Å². The van der Waals surface area contributed by atoms with Crippen LogP contribution in [0.2, 0.25) is 0 Å². The molecule has 8 heteroatoms. The van der Waals surface area contributed by atoms with Gasteiger partial charge in [-0.1, -0.05) is 0 Å². The fraction of sp³-hybridized carbons (Fsp3) is 1.00. The van der Waals surface area contributed by atoms with Gasteiger partial charge in [-0.3, -0.25) is 9.13 Å². The summed E-state index contributed by atoms with van der Waals surface area (Å²) < 4.78 is 42.3. The molecule has 0 aromatic heterocycles. The molecule has 0 rings (SSSR count). The second-order valence-electron chi connectivity index (χ2n) is 2.39. The van der Waals surface area contributed by atoms with E-state index in [2.05, 4.69) is 4.52 Å². The molecule has 0 saturated heterocycles. The third-order valence-electron chi connectivity index (χ3n) is 0.906. The zero-order valence-corrected chi connectivity index (χ0v) is 8.82. The molecule has 76 valence electrons. The van der Waals surface area contributed by atoms with Crippen molar-refractivity contribution in [3.05, 3.63) is 0 Å². The average molecular weight is 224 g/mol. The second kappa shape index (κ2) is 5.81. The van der Waals surface area contributed by atoms with Crippen molar-refractivity contribution >= 4 is 14.7 Å². The molecule has 0 amide bonds. The Morgan fingerprint density at radius 3 is 1.75 bits per heavy atom. The summed E-state index contributed by atoms with van der Waals surface area (Å²) in [6.07, 6.45) is 0. The summed E-state index contributed by atoms with van der Waals surface area (Å²) in [5.41, 5.74) is 0. The lowest BCUT2D eigenvalue weighted by atomic mass is 11.8. The highest BCUT2D eigenvalue weighted by atomic mass is 31.2. The van der Waals surface area contributed by atoms with E-state index in [9.17, 15) is 9.13 Å². The van der Waals surface area contributed by atoms with Crippen molar-refractivity contribution in [2.24, 2.45) is 0 Å². The van der Waals surface area contributed by atoms with Gasteiger partial charge in [0.25, 0.3) is 0 Å². The van der Waals surface area contributed by atoms with Crippen LogP contribution in [0.15, 0.2) is 0 Å². The van der Waals surface area contributed by atoms with Crippen LogP contribution in [0.5, 0.6) is 0 Å². The molecule has 0 aromatic carbocycles. The van der Waals surface area contributed by atoms with E-state index in [1.54, 1.807) is 0 Å². The number of hydrogen-bond donors (Lipinski definition) is 1. The van der Waals surface area contributed by atoms with Crippen LogP contribution in [0.1, 0.15) is 0 Å². The normalized spacial score (nSPS) is 19.8. The van der Waals surface area contributed by atoms with Crippen LogP contribution in [0.25, 0.3) is 0 Å². The third kappa shape index (κ3) is 10.2. The van der Waals surface area contributed by atoms with Gasteiger partial charge in [0.1, 0.15) is 5.90 Å². The summed E-state index contributed by atoms with van der Waals surface area (Å²) >= 11 is 0. The zero-order chi connectivity index (χ0) is 10.4. The van der Waals surface area contributed by atoms with E-state index in [1.807, 2.05) is 0 Å². The maximum Gasteiger partial charge on any atom is 0.209 e. The van der Waals surface area contributed by atoms with Crippen molar-refractivity contribution in [2.75, 3.05) is 26.3 Å². The molecular formula is C4H12F2O4P2. The Hall–Kier alpha value is 0.240. The van der Waals surface area contributed by atoms with Crippen LogP contribution in [0.3, 0.4) is 0 Å². The summed E-state index contributed by atoms with van der Waals surface area (Å²) in [5.74, 6) is -0.240. The fourth-order valence-corrected chi connectivity index (χ4v) is 4.81. The predicted molar refractivity (Wildman–Crippen MR) is 43.4 cm³/mol. The molecular weight excluding hydrogens is 212 g/mol. The smallest absolute Gasteiger partial charge is 0.209 e. The minimum absolute atomic E-state index is 0.240. The maximum atomic E-state index is 11.0. The van der Waals surface area contributed by atoms with Crippen LogP contribution in [-0.4, -0.2) is 31.2 Å². The molecule has 0 aliphatic rings. The van der Waals surface area contributed by atoms with Crippen molar-refractivity contribution in [3.63, 3.8) is 0 Å². The monoisotopic (exact) mass is 224 g/mol. The van der Waals surface area contributed by atoms with Gasteiger partial charge in [-0.25, -0.2) is 0 Å². The van der Waals surface area contributed by atoms with E-state index in [0.717, 1.165) is 0 Å². The number of hydrogen-bond acceptors (Lipinski definition) is 3. The van der Waals surface area contributed by atoms with Crippen molar-refractivity contribution in [1.82, 2.24) is 0 Å². The first-order valence-electron chi connectivity index (χ1n) is 2.83. The lowest BCUT2D eigenvalue weighted by Gasteiger charge is -2.11. The van der Waals surface area contributed by atoms with Crippen LogP contribution in [0, 0.1) is 0 Å². The summed E-state index contributed by atoms with van der Waals surface area (Å²) in [6, 6.07) is 0. The van der Waals surface area contributed by atoms with Crippen molar-refractivity contribution in [3.8, 4) is 0 Å². The number of halogens is 2. The summed E-state index contributed by atoms with van der Waals surface area (Å²) in [7, 11) is -4.73. The molecule has 0 radical (unpaired) electrons. The van der Waals surface area contributed by atoms with Crippen LogP contribution >= 0.6 is 14.7 Å². The largest absolute Gasteiger partial charge is 0.344 e. The highest BCUT2D eigenvalue weighted by Crippen LogP contribution is 2.55. The van der Waals surface area contributed by atoms with Gasteiger partial charge in [0, 0.05) is 29.6 Å². The molecule has 0 aromatic rings. The van der Waals surface area contributed by atoms with Crippen molar-refractivity contribution in [2.45, 2.75) is 0 Å². The molecule has 0 fully saturated rings. The molecule has 0 saturated carbocycles. The Morgan fingerprint density at radius 2 is 1.67 bits per heavy atom. The summed E-state index contributed by atoms with van der Waals surface area (Å²) in [6.45, 7) is 2.52. The van der Waals surface area contributed by atoms with Gasteiger partial charge < -0.3 is 9.42 Å². The highest BCUT2D eigenvalue weighted by Gasteiger charge is 2.23. The minimum Gasteiger partial charge on any atom is -0.344 e. The zero-order valence-electron chi connectivity index (χ0n) is 7.03. The standard InChI is InChI=1S/C4H12O4P2.F2/c1-8-10(3,7)4-9(2,5)6;1-2/h4H2,1-3H3,(H,5,6);. The Morgan fingerprint density at radius 1 is 1.33 bits per heavy atom. The van der Waals surface area contributed by atoms with Gasteiger partial charge in [0.15, 0.2) is 0 Å². The summed E-state index contributed by atoms with van der Waals surface area (Å²) in [5, 5.41) is 0. The Bertz CT molecular complexity index is 201. The first-order valence-corrected chi connectivity index (χ1v) is 7.37. The Balaban J connectivity index is 0. The second-order valence-corrected chi connectivity index (χ2v) is 8.02. The van der Waals surface area contributed by atoms with Crippen LogP contribution < -0.4 is 0 Å². The van der Waals surface area contributed by atoms with Crippen molar-refractivity contribution < 1.29 is 27.7 Å². The molecule has 0 spiro atoms. The first kappa shape index (κ1) is 14.7. The maximum absolute atomic E-state index is 11.0. The topological polar surface area (TPSA) is 63.6 Å². The van der Waals surface area contributed by atoms with E-state index in [1.165, 1.54) is 20.4 Å². The molecule has 2 atom stereocenters. The van der Waals surface area contributed by atoms with Crippen LogP contribution in [-0.2, 0) is 13.7 Å². The van der Waals surface area contributed by atoms with Gasteiger partial charge in [0.05, 0.1) is 0 Å². The quantitative estimate of drug-likeness (QED) is 0.746. The molecule has 0 bridgehead atoms. The van der Waals surface area contributed by atoms with E-state index < -0.39 is 14.7 Å². The Labute approximate surface area is 69.7 Å². The Kier molecular flexibility index (Phi) is 7.14.